The Morgan fingerprint density at radius 2 is 1.86 bits per heavy atom. The predicted octanol–water partition coefficient (Wildman–Crippen LogP) is 1.58. The van der Waals surface area contributed by atoms with Crippen LogP contribution in [-0.2, 0) is 15.3 Å². The molecule has 1 heterocycles. The van der Waals surface area contributed by atoms with Gasteiger partial charge in [0.2, 0.25) is 5.79 Å². The van der Waals surface area contributed by atoms with Crippen molar-refractivity contribution in [2.45, 2.75) is 5.79 Å². The van der Waals surface area contributed by atoms with Crippen molar-refractivity contribution in [3.8, 4) is 0 Å². The smallest absolute Gasteiger partial charge is 0.214 e. The van der Waals surface area contributed by atoms with Gasteiger partial charge in [0.05, 0.1) is 6.54 Å². The van der Waals surface area contributed by atoms with Crippen LogP contribution in [0.3, 0.4) is 0 Å². The van der Waals surface area contributed by atoms with Crippen LogP contribution in [0, 0.1) is 0 Å². The molecule has 0 radical (unpaired) electrons. The van der Waals surface area contributed by atoms with E-state index < -0.39 is 5.79 Å². The highest BCUT2D eigenvalue weighted by atomic mass is 16.7. The van der Waals surface area contributed by atoms with Crippen LogP contribution < -0.4 is 4.90 Å². The minimum absolute atomic E-state index is 0.592. The topological polar surface area (TPSA) is 21.7 Å². The van der Waals surface area contributed by atoms with Gasteiger partial charge in [-0.25, -0.2) is 0 Å². The van der Waals surface area contributed by atoms with Crippen molar-refractivity contribution in [2.75, 3.05) is 32.7 Å². The SMILES string of the molecule is COC1(OC)CN(C)c2ccccc21. The highest BCUT2D eigenvalue weighted by molar-refractivity contribution is 5.60. The van der Waals surface area contributed by atoms with Crippen LogP contribution in [0.15, 0.2) is 24.3 Å². The Morgan fingerprint density at radius 3 is 2.50 bits per heavy atom. The van der Waals surface area contributed by atoms with Crippen LogP contribution in [0.2, 0.25) is 0 Å². The molecular formula is C11H15NO2. The van der Waals surface area contributed by atoms with Gasteiger partial charge in [0, 0.05) is 32.5 Å². The third-order valence-electron chi connectivity index (χ3n) is 2.83. The Bertz CT molecular complexity index is 334. The number of anilines is 1. The number of rotatable bonds is 2. The molecule has 2 rings (SSSR count). The number of para-hydroxylation sites is 1. The van der Waals surface area contributed by atoms with E-state index in [1.54, 1.807) is 14.2 Å². The van der Waals surface area contributed by atoms with Crippen LogP contribution in [0.1, 0.15) is 5.56 Å². The Hall–Kier alpha value is -1.06. The molecule has 1 aliphatic heterocycles. The van der Waals surface area contributed by atoms with Gasteiger partial charge in [-0.15, -0.1) is 0 Å². The number of ether oxygens (including phenoxy) is 2. The van der Waals surface area contributed by atoms with Crippen LogP contribution in [0.4, 0.5) is 5.69 Å². The first-order valence-electron chi connectivity index (χ1n) is 4.64. The third-order valence-corrected chi connectivity index (χ3v) is 2.83. The van der Waals surface area contributed by atoms with Crippen molar-refractivity contribution < 1.29 is 9.47 Å². The van der Waals surface area contributed by atoms with Gasteiger partial charge < -0.3 is 14.4 Å². The minimum atomic E-state index is -0.592. The molecule has 0 N–H and O–H groups in total. The van der Waals surface area contributed by atoms with Gasteiger partial charge in [-0.05, 0) is 6.07 Å². The molecule has 0 fully saturated rings. The van der Waals surface area contributed by atoms with Crippen LogP contribution in [0.25, 0.3) is 0 Å². The highest BCUT2D eigenvalue weighted by Gasteiger charge is 2.41. The second-order valence-electron chi connectivity index (χ2n) is 3.53. The fraction of sp³-hybridized carbons (Fsp3) is 0.455. The summed E-state index contributed by atoms with van der Waals surface area (Å²) in [5.74, 6) is -0.592. The quantitative estimate of drug-likeness (QED) is 0.666. The maximum Gasteiger partial charge on any atom is 0.214 e. The molecule has 0 amide bonds. The maximum absolute atomic E-state index is 5.48. The Balaban J connectivity index is 2.52. The Morgan fingerprint density at radius 1 is 1.21 bits per heavy atom. The first-order chi connectivity index (χ1) is 6.73. The molecule has 3 heteroatoms. The fourth-order valence-corrected chi connectivity index (χ4v) is 2.04. The summed E-state index contributed by atoms with van der Waals surface area (Å²) < 4.78 is 11.0. The average molecular weight is 193 g/mol. The zero-order valence-electron chi connectivity index (χ0n) is 8.78. The number of benzene rings is 1. The fourth-order valence-electron chi connectivity index (χ4n) is 2.04. The normalized spacial score (nSPS) is 18.4. The number of hydrogen-bond donors (Lipinski definition) is 0. The predicted molar refractivity (Wildman–Crippen MR) is 55.4 cm³/mol. The molecule has 3 nitrogen and oxygen atoms in total. The third kappa shape index (κ3) is 1.13. The number of fused-ring (bicyclic) bond motifs is 1. The number of hydrogen-bond acceptors (Lipinski definition) is 3. The van der Waals surface area contributed by atoms with E-state index in [1.807, 2.05) is 25.2 Å². The first kappa shape index (κ1) is 9.49. The molecule has 0 spiro atoms. The van der Waals surface area contributed by atoms with E-state index in [1.165, 1.54) is 5.69 Å². The molecule has 0 bridgehead atoms. The van der Waals surface area contributed by atoms with Gasteiger partial charge in [-0.1, -0.05) is 18.2 Å². The average Bonchev–Trinajstić information content (AvgIpc) is 2.53. The van der Waals surface area contributed by atoms with Crippen LogP contribution in [-0.4, -0.2) is 27.8 Å². The second kappa shape index (κ2) is 3.26. The van der Waals surface area contributed by atoms with Crippen LogP contribution in [0.5, 0.6) is 0 Å². The molecule has 0 unspecified atom stereocenters. The molecular weight excluding hydrogens is 178 g/mol. The lowest BCUT2D eigenvalue weighted by atomic mass is 10.1. The molecule has 0 saturated heterocycles. The Kier molecular flexibility index (Phi) is 2.21. The molecule has 1 aromatic rings. The highest BCUT2D eigenvalue weighted by Crippen LogP contribution is 2.40. The molecule has 0 aromatic heterocycles. The minimum Gasteiger partial charge on any atom is -0.368 e. The summed E-state index contributed by atoms with van der Waals surface area (Å²) in [7, 11) is 5.40. The largest absolute Gasteiger partial charge is 0.368 e. The number of likely N-dealkylation sites (N-methyl/N-ethyl adjacent to an activating group) is 1. The van der Waals surface area contributed by atoms with E-state index in [2.05, 4.69) is 11.0 Å². The second-order valence-corrected chi connectivity index (χ2v) is 3.53. The summed E-state index contributed by atoms with van der Waals surface area (Å²) in [4.78, 5) is 2.14. The van der Waals surface area contributed by atoms with E-state index >= 15 is 0 Å². The molecule has 0 aliphatic carbocycles. The van der Waals surface area contributed by atoms with Crippen LogP contribution >= 0.6 is 0 Å². The van der Waals surface area contributed by atoms with Gasteiger partial charge in [0.25, 0.3) is 0 Å². The first-order valence-corrected chi connectivity index (χ1v) is 4.64. The number of methoxy groups -OCH3 is 2. The van der Waals surface area contributed by atoms with E-state index in [0.717, 1.165) is 12.1 Å². The lowest BCUT2D eigenvalue weighted by Gasteiger charge is -2.26. The summed E-state index contributed by atoms with van der Waals surface area (Å²) >= 11 is 0. The summed E-state index contributed by atoms with van der Waals surface area (Å²) in [5.41, 5.74) is 2.28. The Labute approximate surface area is 84.2 Å². The van der Waals surface area contributed by atoms with E-state index in [9.17, 15) is 0 Å². The molecule has 1 aromatic carbocycles. The van der Waals surface area contributed by atoms with Crippen molar-refractivity contribution in [1.29, 1.82) is 0 Å². The standard InChI is InChI=1S/C11H15NO2/c1-12-8-11(13-2,14-3)9-6-4-5-7-10(9)12/h4-7H,8H2,1-3H3. The summed E-state index contributed by atoms with van der Waals surface area (Å²) in [5, 5.41) is 0. The van der Waals surface area contributed by atoms with Crippen molar-refractivity contribution in [3.63, 3.8) is 0 Å². The van der Waals surface area contributed by atoms with Crippen molar-refractivity contribution in [3.05, 3.63) is 29.8 Å². The molecule has 0 saturated carbocycles. The zero-order chi connectivity index (χ0) is 10.2. The van der Waals surface area contributed by atoms with E-state index in [4.69, 9.17) is 9.47 Å². The zero-order valence-corrected chi connectivity index (χ0v) is 8.78. The molecule has 1 aliphatic rings. The van der Waals surface area contributed by atoms with E-state index in [0.29, 0.717) is 0 Å². The van der Waals surface area contributed by atoms with Crippen molar-refractivity contribution >= 4 is 5.69 Å². The van der Waals surface area contributed by atoms with Gasteiger partial charge in [0.1, 0.15) is 0 Å². The monoisotopic (exact) mass is 193 g/mol. The lowest BCUT2D eigenvalue weighted by molar-refractivity contribution is -0.202. The maximum atomic E-state index is 5.48. The van der Waals surface area contributed by atoms with Crippen molar-refractivity contribution in [1.82, 2.24) is 0 Å². The van der Waals surface area contributed by atoms with Gasteiger partial charge in [-0.3, -0.25) is 0 Å². The summed E-state index contributed by atoms with van der Waals surface area (Å²) in [6.45, 7) is 0.735. The molecule has 76 valence electrons. The molecule has 0 atom stereocenters. The summed E-state index contributed by atoms with van der Waals surface area (Å²) in [6, 6.07) is 8.16. The van der Waals surface area contributed by atoms with Gasteiger partial charge in [-0.2, -0.15) is 0 Å². The molecule has 14 heavy (non-hydrogen) atoms. The van der Waals surface area contributed by atoms with Gasteiger partial charge >= 0.3 is 0 Å². The van der Waals surface area contributed by atoms with Crippen molar-refractivity contribution in [2.24, 2.45) is 0 Å². The number of nitrogens with zero attached hydrogens (tertiary/aromatic N) is 1. The summed E-state index contributed by atoms with van der Waals surface area (Å²) in [6.07, 6.45) is 0. The van der Waals surface area contributed by atoms with E-state index in [-0.39, 0.29) is 0 Å². The lowest BCUT2D eigenvalue weighted by Crippen LogP contribution is -2.35. The van der Waals surface area contributed by atoms with Gasteiger partial charge in [0.15, 0.2) is 0 Å².